The largest absolute Gasteiger partial charge is 0.348 e. The number of hydrogen-bond acceptors (Lipinski definition) is 5. The second-order valence-corrected chi connectivity index (χ2v) is 5.22. The molecule has 0 unspecified atom stereocenters. The zero-order valence-corrected chi connectivity index (χ0v) is 10.4. The van der Waals surface area contributed by atoms with Gasteiger partial charge in [0.15, 0.2) is 0 Å². The van der Waals surface area contributed by atoms with E-state index in [9.17, 15) is 0 Å². The zero-order valence-electron chi connectivity index (χ0n) is 8.74. The van der Waals surface area contributed by atoms with Gasteiger partial charge in [-0.05, 0) is 0 Å². The fraction of sp³-hybridized carbons (Fsp3) is 0.667. The number of rotatable bonds is 8. The third-order valence-electron chi connectivity index (χ3n) is 1.82. The molecule has 0 amide bonds. The van der Waals surface area contributed by atoms with Gasteiger partial charge in [0.25, 0.3) is 0 Å². The van der Waals surface area contributed by atoms with Gasteiger partial charge in [-0.2, -0.15) is 23.5 Å². The van der Waals surface area contributed by atoms with E-state index in [0.29, 0.717) is 0 Å². The summed E-state index contributed by atoms with van der Waals surface area (Å²) in [7, 11) is 0. The summed E-state index contributed by atoms with van der Waals surface area (Å²) >= 11 is 3.66. The molecule has 0 aliphatic carbocycles. The average Bonchev–Trinajstić information content (AvgIpc) is 2.67. The second-order valence-electron chi connectivity index (χ2n) is 3.01. The SMILES string of the molecule is NCCSCc1nc[nH]c1CSCCN. The second kappa shape index (κ2) is 8.04. The van der Waals surface area contributed by atoms with Gasteiger partial charge in [-0.3, -0.25) is 0 Å². The van der Waals surface area contributed by atoms with Crippen LogP contribution in [-0.4, -0.2) is 34.6 Å². The fourth-order valence-corrected chi connectivity index (χ4v) is 2.63. The molecule has 0 bridgehead atoms. The van der Waals surface area contributed by atoms with Crippen LogP contribution in [-0.2, 0) is 11.5 Å². The molecule has 0 fully saturated rings. The fourth-order valence-electron chi connectivity index (χ4n) is 1.11. The van der Waals surface area contributed by atoms with Crippen molar-refractivity contribution in [3.05, 3.63) is 17.7 Å². The first-order chi connectivity index (χ1) is 7.38. The Kier molecular flexibility index (Phi) is 6.91. The van der Waals surface area contributed by atoms with Gasteiger partial charge in [-0.25, -0.2) is 4.98 Å². The lowest BCUT2D eigenvalue weighted by atomic mass is 10.4. The number of H-pyrrole nitrogens is 1. The Hall–Kier alpha value is -0.170. The molecule has 1 heterocycles. The molecule has 0 aliphatic rings. The number of nitrogens with zero attached hydrogens (tertiary/aromatic N) is 1. The van der Waals surface area contributed by atoms with Crippen LogP contribution in [0.2, 0.25) is 0 Å². The Morgan fingerprint density at radius 3 is 2.47 bits per heavy atom. The van der Waals surface area contributed by atoms with Crippen molar-refractivity contribution >= 4 is 23.5 Å². The predicted octanol–water partition coefficient (Wildman–Crippen LogP) is 0.793. The summed E-state index contributed by atoms with van der Waals surface area (Å²) in [5.74, 6) is 3.89. The van der Waals surface area contributed by atoms with Crippen LogP contribution in [0.25, 0.3) is 0 Å². The number of aromatic nitrogens is 2. The van der Waals surface area contributed by atoms with Crippen LogP contribution < -0.4 is 11.5 Å². The average molecular weight is 246 g/mol. The van der Waals surface area contributed by atoms with Gasteiger partial charge in [0, 0.05) is 41.8 Å². The number of nitrogens with two attached hydrogens (primary N) is 2. The molecule has 1 aromatic heterocycles. The lowest BCUT2D eigenvalue weighted by molar-refractivity contribution is 1.12. The van der Waals surface area contributed by atoms with Crippen LogP contribution in [0.15, 0.2) is 6.33 Å². The van der Waals surface area contributed by atoms with Crippen molar-refractivity contribution in [2.45, 2.75) is 11.5 Å². The van der Waals surface area contributed by atoms with Crippen LogP contribution in [0.3, 0.4) is 0 Å². The van der Waals surface area contributed by atoms with Crippen LogP contribution in [0.1, 0.15) is 11.4 Å². The quantitative estimate of drug-likeness (QED) is 0.591. The number of hydrogen-bond donors (Lipinski definition) is 3. The van der Waals surface area contributed by atoms with Crippen molar-refractivity contribution in [3.8, 4) is 0 Å². The Labute approximate surface area is 99.0 Å². The van der Waals surface area contributed by atoms with E-state index in [4.69, 9.17) is 11.5 Å². The minimum absolute atomic E-state index is 0.729. The van der Waals surface area contributed by atoms with E-state index in [1.807, 2.05) is 23.5 Å². The van der Waals surface area contributed by atoms with Crippen LogP contribution >= 0.6 is 23.5 Å². The van der Waals surface area contributed by atoms with Gasteiger partial charge in [-0.15, -0.1) is 0 Å². The lowest BCUT2D eigenvalue weighted by Gasteiger charge is -2.02. The highest BCUT2D eigenvalue weighted by atomic mass is 32.2. The molecule has 0 atom stereocenters. The molecule has 1 aromatic rings. The van der Waals surface area contributed by atoms with Gasteiger partial charge in [0.1, 0.15) is 0 Å². The first-order valence-corrected chi connectivity index (χ1v) is 7.26. The first kappa shape index (κ1) is 12.9. The molecule has 4 nitrogen and oxygen atoms in total. The van der Waals surface area contributed by atoms with Crippen molar-refractivity contribution in [3.63, 3.8) is 0 Å². The van der Waals surface area contributed by atoms with Gasteiger partial charge in [0.2, 0.25) is 0 Å². The monoisotopic (exact) mass is 246 g/mol. The summed E-state index contributed by atoms with van der Waals surface area (Å²) in [6, 6.07) is 0. The van der Waals surface area contributed by atoms with Crippen molar-refractivity contribution < 1.29 is 0 Å². The standard InChI is InChI=1S/C9H18N4S2/c10-1-3-14-5-8-9(13-7-12-8)6-15-4-2-11/h7H,1-6,10-11H2,(H,12,13). The molecule has 1 rings (SSSR count). The highest BCUT2D eigenvalue weighted by Crippen LogP contribution is 2.17. The smallest absolute Gasteiger partial charge is 0.0925 e. The third-order valence-corrected chi connectivity index (χ3v) is 3.84. The van der Waals surface area contributed by atoms with E-state index in [-0.39, 0.29) is 0 Å². The van der Waals surface area contributed by atoms with Crippen LogP contribution in [0.5, 0.6) is 0 Å². The topological polar surface area (TPSA) is 80.7 Å². The Balaban J connectivity index is 2.32. The van der Waals surface area contributed by atoms with Crippen LogP contribution in [0, 0.1) is 0 Å². The molecule has 0 aliphatic heterocycles. The zero-order chi connectivity index (χ0) is 10.9. The maximum Gasteiger partial charge on any atom is 0.0925 e. The molecule has 6 heteroatoms. The van der Waals surface area contributed by atoms with E-state index >= 15 is 0 Å². The maximum absolute atomic E-state index is 5.44. The van der Waals surface area contributed by atoms with Crippen molar-refractivity contribution in [2.24, 2.45) is 11.5 Å². The summed E-state index contributed by atoms with van der Waals surface area (Å²) < 4.78 is 0. The van der Waals surface area contributed by atoms with E-state index in [2.05, 4.69) is 9.97 Å². The molecular formula is C9H18N4S2. The predicted molar refractivity (Wildman–Crippen MR) is 69.0 cm³/mol. The Morgan fingerprint density at radius 1 is 1.13 bits per heavy atom. The number of thioether (sulfide) groups is 2. The summed E-state index contributed by atoms with van der Waals surface area (Å²) in [5, 5.41) is 0. The van der Waals surface area contributed by atoms with E-state index < -0.39 is 0 Å². The third kappa shape index (κ3) is 4.92. The van der Waals surface area contributed by atoms with E-state index in [1.54, 1.807) is 6.33 Å². The van der Waals surface area contributed by atoms with Gasteiger partial charge >= 0.3 is 0 Å². The molecule has 15 heavy (non-hydrogen) atoms. The minimum Gasteiger partial charge on any atom is -0.348 e. The van der Waals surface area contributed by atoms with Gasteiger partial charge in [-0.1, -0.05) is 0 Å². The molecule has 0 spiro atoms. The molecule has 0 saturated carbocycles. The summed E-state index contributed by atoms with van der Waals surface area (Å²) in [6.45, 7) is 1.46. The van der Waals surface area contributed by atoms with Gasteiger partial charge in [0.05, 0.1) is 12.0 Å². The van der Waals surface area contributed by atoms with Crippen LogP contribution in [0.4, 0.5) is 0 Å². The van der Waals surface area contributed by atoms with Crippen molar-refractivity contribution in [1.82, 2.24) is 9.97 Å². The number of nitrogens with one attached hydrogen (secondary N) is 1. The first-order valence-electron chi connectivity index (χ1n) is 4.95. The Bertz CT molecular complexity index is 240. The molecular weight excluding hydrogens is 228 g/mol. The number of aromatic amines is 1. The molecule has 0 radical (unpaired) electrons. The van der Waals surface area contributed by atoms with Crippen molar-refractivity contribution in [1.29, 1.82) is 0 Å². The summed E-state index contributed by atoms with van der Waals surface area (Å²) in [6.07, 6.45) is 1.76. The Morgan fingerprint density at radius 2 is 1.80 bits per heavy atom. The number of imidazole rings is 1. The van der Waals surface area contributed by atoms with E-state index in [1.165, 1.54) is 5.69 Å². The summed E-state index contributed by atoms with van der Waals surface area (Å²) in [4.78, 5) is 7.48. The maximum atomic E-state index is 5.44. The van der Waals surface area contributed by atoms with Gasteiger partial charge < -0.3 is 16.5 Å². The minimum atomic E-state index is 0.729. The normalized spacial score (nSPS) is 10.8. The van der Waals surface area contributed by atoms with E-state index in [0.717, 1.165) is 41.8 Å². The highest BCUT2D eigenvalue weighted by molar-refractivity contribution is 7.98. The molecule has 86 valence electrons. The lowest BCUT2D eigenvalue weighted by Crippen LogP contribution is -2.03. The molecule has 5 N–H and O–H groups in total. The van der Waals surface area contributed by atoms with Crippen molar-refractivity contribution in [2.75, 3.05) is 24.6 Å². The summed E-state index contributed by atoms with van der Waals surface area (Å²) in [5.41, 5.74) is 13.2. The molecule has 0 aromatic carbocycles. The molecule has 0 saturated heterocycles. The highest BCUT2D eigenvalue weighted by Gasteiger charge is 2.05.